The lowest BCUT2D eigenvalue weighted by Gasteiger charge is -2.34. The topological polar surface area (TPSA) is 52.1 Å². The van der Waals surface area contributed by atoms with E-state index in [2.05, 4.69) is 81.3 Å². The van der Waals surface area contributed by atoms with E-state index >= 15 is 0 Å². The summed E-state index contributed by atoms with van der Waals surface area (Å²) in [4.78, 5) is 11.1. The predicted molar refractivity (Wildman–Crippen MR) is 145 cm³/mol. The Bertz CT molecular complexity index is 842. The summed E-state index contributed by atoms with van der Waals surface area (Å²) >= 11 is 1.82. The zero-order chi connectivity index (χ0) is 21.3. The van der Waals surface area contributed by atoms with E-state index in [0.717, 1.165) is 58.4 Å². The average Bonchev–Trinajstić information content (AvgIpc) is 3.53. The molecule has 2 N–H and O–H groups in total. The van der Waals surface area contributed by atoms with Crippen molar-refractivity contribution in [1.82, 2.24) is 15.5 Å². The summed E-state index contributed by atoms with van der Waals surface area (Å²) in [6.07, 6.45) is 4.43. The maximum Gasteiger partial charge on any atom is 0.191 e. The van der Waals surface area contributed by atoms with Gasteiger partial charge in [0.25, 0.3) is 0 Å². The number of ether oxygens (including phenoxy) is 1. The van der Waals surface area contributed by atoms with Crippen LogP contribution in [0.2, 0.25) is 0 Å². The molecule has 32 heavy (non-hydrogen) atoms. The van der Waals surface area contributed by atoms with Crippen LogP contribution in [-0.4, -0.2) is 63.3 Å². The number of anilines is 1. The van der Waals surface area contributed by atoms with Gasteiger partial charge in [-0.05, 0) is 36.1 Å². The van der Waals surface area contributed by atoms with Crippen LogP contribution < -0.4 is 15.5 Å². The van der Waals surface area contributed by atoms with E-state index in [1.165, 1.54) is 16.1 Å². The van der Waals surface area contributed by atoms with Crippen molar-refractivity contribution < 1.29 is 4.74 Å². The Morgan fingerprint density at radius 3 is 2.50 bits per heavy atom. The van der Waals surface area contributed by atoms with Crippen LogP contribution in [0, 0.1) is 0 Å². The summed E-state index contributed by atoms with van der Waals surface area (Å²) in [5.41, 5.74) is 2.49. The minimum Gasteiger partial charge on any atom is -0.379 e. The molecule has 0 radical (unpaired) electrons. The average molecular weight is 568 g/mol. The van der Waals surface area contributed by atoms with Crippen LogP contribution in [0.15, 0.2) is 58.9 Å². The first-order valence-electron chi connectivity index (χ1n) is 11.2. The minimum absolute atomic E-state index is 0. The van der Waals surface area contributed by atoms with Crippen molar-refractivity contribution in [1.29, 1.82) is 0 Å². The number of aliphatic imine (C=N–C) groups is 1. The minimum atomic E-state index is 0. The van der Waals surface area contributed by atoms with Gasteiger partial charge in [-0.3, -0.25) is 4.90 Å². The van der Waals surface area contributed by atoms with Crippen LogP contribution in [0.4, 0.5) is 5.69 Å². The number of morpholine rings is 1. The molecule has 0 aliphatic carbocycles. The van der Waals surface area contributed by atoms with Gasteiger partial charge in [0.15, 0.2) is 5.96 Å². The molecule has 4 rings (SSSR count). The molecule has 1 atom stereocenters. The van der Waals surface area contributed by atoms with Gasteiger partial charge < -0.3 is 20.3 Å². The van der Waals surface area contributed by atoms with Crippen molar-refractivity contribution in [3.05, 3.63) is 64.4 Å². The highest BCUT2D eigenvalue weighted by Crippen LogP contribution is 2.25. The van der Waals surface area contributed by atoms with Crippen LogP contribution in [0.3, 0.4) is 0 Å². The van der Waals surface area contributed by atoms with E-state index in [1.54, 1.807) is 0 Å². The molecule has 0 saturated carbocycles. The molecular formula is C24H34IN5OS. The number of halogens is 1. The van der Waals surface area contributed by atoms with Gasteiger partial charge in [-0.1, -0.05) is 30.4 Å². The molecule has 2 aliphatic rings. The molecule has 1 unspecified atom stereocenters. The van der Waals surface area contributed by atoms with Gasteiger partial charge in [-0.2, -0.15) is 0 Å². The lowest BCUT2D eigenvalue weighted by molar-refractivity contribution is 0.0177. The van der Waals surface area contributed by atoms with Gasteiger partial charge in [0.1, 0.15) is 0 Å². The van der Waals surface area contributed by atoms with Gasteiger partial charge >= 0.3 is 0 Å². The second-order valence-corrected chi connectivity index (χ2v) is 8.78. The Morgan fingerprint density at radius 2 is 1.84 bits per heavy atom. The molecule has 1 aromatic heterocycles. The van der Waals surface area contributed by atoms with Gasteiger partial charge in [0.2, 0.25) is 0 Å². The largest absolute Gasteiger partial charge is 0.379 e. The third-order valence-corrected chi connectivity index (χ3v) is 6.68. The zero-order valence-electron chi connectivity index (χ0n) is 18.7. The highest BCUT2D eigenvalue weighted by Gasteiger charge is 2.23. The van der Waals surface area contributed by atoms with E-state index in [1.807, 2.05) is 11.3 Å². The standard InChI is InChI=1S/C24H33N5OS.HI/c1-2-25-24(26-18-20-7-9-21(10-8-20)28-11-3-4-12-28)27-19-22(23-6-5-17-31-23)29-13-15-30-16-14-29;/h3-10,17,22H,2,11-16,18-19H2,1H3,(H2,25,26,27);1H. The number of nitrogens with one attached hydrogen (secondary N) is 2. The molecule has 2 aromatic rings. The van der Waals surface area contributed by atoms with Crippen LogP contribution in [0.1, 0.15) is 23.4 Å². The number of guanidine groups is 1. The van der Waals surface area contributed by atoms with Crippen LogP contribution in [-0.2, 0) is 11.3 Å². The van der Waals surface area contributed by atoms with E-state index in [-0.39, 0.29) is 24.0 Å². The molecule has 0 bridgehead atoms. The molecule has 2 aliphatic heterocycles. The highest BCUT2D eigenvalue weighted by atomic mass is 127. The molecule has 8 heteroatoms. The fourth-order valence-electron chi connectivity index (χ4n) is 3.99. The fourth-order valence-corrected chi connectivity index (χ4v) is 4.85. The fraction of sp³-hybridized carbons (Fsp3) is 0.458. The third-order valence-electron chi connectivity index (χ3n) is 5.70. The van der Waals surface area contributed by atoms with Gasteiger partial charge in [-0.15, -0.1) is 35.3 Å². The van der Waals surface area contributed by atoms with Gasteiger partial charge in [0.05, 0.1) is 25.8 Å². The second kappa shape index (κ2) is 13.2. The van der Waals surface area contributed by atoms with Crippen LogP contribution >= 0.6 is 35.3 Å². The van der Waals surface area contributed by atoms with Crippen molar-refractivity contribution in [2.45, 2.75) is 19.5 Å². The zero-order valence-corrected chi connectivity index (χ0v) is 21.9. The van der Waals surface area contributed by atoms with E-state index in [0.29, 0.717) is 12.6 Å². The van der Waals surface area contributed by atoms with Crippen molar-refractivity contribution in [2.24, 2.45) is 4.99 Å². The number of benzene rings is 1. The number of thiophene rings is 1. The smallest absolute Gasteiger partial charge is 0.191 e. The monoisotopic (exact) mass is 567 g/mol. The molecule has 1 fully saturated rings. The highest BCUT2D eigenvalue weighted by molar-refractivity contribution is 14.0. The van der Waals surface area contributed by atoms with Crippen molar-refractivity contribution in [2.75, 3.05) is 57.4 Å². The van der Waals surface area contributed by atoms with Gasteiger partial charge in [0, 0.05) is 49.8 Å². The van der Waals surface area contributed by atoms with Crippen molar-refractivity contribution in [3.63, 3.8) is 0 Å². The predicted octanol–water partition coefficient (Wildman–Crippen LogP) is 3.87. The summed E-state index contributed by atoms with van der Waals surface area (Å²) in [6, 6.07) is 13.5. The number of rotatable bonds is 8. The molecule has 1 saturated heterocycles. The Labute approximate surface area is 212 Å². The molecule has 1 aromatic carbocycles. The summed E-state index contributed by atoms with van der Waals surface area (Å²) in [7, 11) is 0. The summed E-state index contributed by atoms with van der Waals surface area (Å²) in [5.74, 6) is 0.866. The molecule has 0 amide bonds. The third kappa shape index (κ3) is 6.94. The van der Waals surface area contributed by atoms with Crippen LogP contribution in [0.5, 0.6) is 0 Å². The molecule has 6 nitrogen and oxygen atoms in total. The normalized spacial score (nSPS) is 17.8. The summed E-state index contributed by atoms with van der Waals surface area (Å²) in [5, 5.41) is 9.13. The first-order chi connectivity index (χ1) is 15.3. The number of nitrogens with zero attached hydrogens (tertiary/aromatic N) is 3. The molecular weight excluding hydrogens is 533 g/mol. The first kappa shape index (κ1) is 25.0. The Kier molecular flexibility index (Phi) is 10.3. The number of hydrogen-bond acceptors (Lipinski definition) is 5. The lowest BCUT2D eigenvalue weighted by atomic mass is 10.2. The lowest BCUT2D eigenvalue weighted by Crippen LogP contribution is -2.46. The molecule has 0 spiro atoms. The van der Waals surface area contributed by atoms with E-state index < -0.39 is 0 Å². The Morgan fingerprint density at radius 1 is 1.09 bits per heavy atom. The van der Waals surface area contributed by atoms with E-state index in [4.69, 9.17) is 9.73 Å². The maximum absolute atomic E-state index is 5.56. The Hall–Kier alpha value is -1.62. The molecule has 174 valence electrons. The summed E-state index contributed by atoms with van der Waals surface area (Å²) in [6.45, 7) is 9.98. The number of hydrogen-bond donors (Lipinski definition) is 2. The maximum atomic E-state index is 5.56. The second-order valence-electron chi connectivity index (χ2n) is 7.80. The van der Waals surface area contributed by atoms with Crippen molar-refractivity contribution >= 4 is 47.0 Å². The van der Waals surface area contributed by atoms with E-state index in [9.17, 15) is 0 Å². The van der Waals surface area contributed by atoms with Crippen LogP contribution in [0.25, 0.3) is 0 Å². The first-order valence-corrected chi connectivity index (χ1v) is 12.1. The SMILES string of the molecule is CCNC(=NCc1ccc(N2CC=CC2)cc1)NCC(c1cccs1)N1CCOCC1.I. The summed E-state index contributed by atoms with van der Waals surface area (Å²) < 4.78 is 5.56. The molecule has 3 heterocycles. The van der Waals surface area contributed by atoms with Crippen molar-refractivity contribution in [3.8, 4) is 0 Å². The van der Waals surface area contributed by atoms with Gasteiger partial charge in [-0.25, -0.2) is 4.99 Å². The quantitative estimate of drug-likeness (QED) is 0.220. The Balaban J connectivity index is 0.00000289.